The molecular formula is C19H24FN5O. The minimum Gasteiger partial charge on any atom is -0.368 e. The quantitative estimate of drug-likeness (QED) is 0.914. The van der Waals surface area contributed by atoms with E-state index in [1.165, 1.54) is 12.1 Å². The van der Waals surface area contributed by atoms with Crippen LogP contribution in [0.25, 0.3) is 0 Å². The molecule has 1 aliphatic rings. The first-order valence-electron chi connectivity index (χ1n) is 8.73. The van der Waals surface area contributed by atoms with E-state index >= 15 is 0 Å². The number of aromatic nitrogens is 2. The van der Waals surface area contributed by atoms with Crippen LogP contribution in [0.4, 0.5) is 16.0 Å². The second-order valence-electron chi connectivity index (χ2n) is 7.40. The molecule has 1 amide bonds. The predicted octanol–water partition coefficient (Wildman–Crippen LogP) is 2.47. The summed E-state index contributed by atoms with van der Waals surface area (Å²) < 4.78 is 13.1. The van der Waals surface area contributed by atoms with Crippen LogP contribution in [0, 0.1) is 5.82 Å². The standard InChI is InChI=1S/C19H24FN5O/c1-19(2,3)23-17(26)16-8-9-21-18(22-16)25-12-10-24(11-13-25)15-6-4-14(20)5-7-15/h4-9H,10-13H2,1-3H3,(H,23,26). The highest BCUT2D eigenvalue weighted by molar-refractivity contribution is 5.92. The Morgan fingerprint density at radius 2 is 1.65 bits per heavy atom. The molecular weight excluding hydrogens is 333 g/mol. The van der Waals surface area contributed by atoms with E-state index in [0.29, 0.717) is 11.6 Å². The number of rotatable bonds is 3. The third-order valence-electron chi connectivity index (χ3n) is 4.12. The van der Waals surface area contributed by atoms with Crippen molar-refractivity contribution in [3.63, 3.8) is 0 Å². The van der Waals surface area contributed by atoms with Crippen molar-refractivity contribution in [1.29, 1.82) is 0 Å². The van der Waals surface area contributed by atoms with Crippen LogP contribution in [0.3, 0.4) is 0 Å². The van der Waals surface area contributed by atoms with Gasteiger partial charge in [0.2, 0.25) is 5.95 Å². The number of hydrogen-bond acceptors (Lipinski definition) is 5. The average Bonchev–Trinajstić information content (AvgIpc) is 2.61. The van der Waals surface area contributed by atoms with Gasteiger partial charge in [0.25, 0.3) is 5.91 Å². The molecule has 0 saturated carbocycles. The number of benzene rings is 1. The summed E-state index contributed by atoms with van der Waals surface area (Å²) in [6.45, 7) is 8.84. The lowest BCUT2D eigenvalue weighted by atomic mass is 10.1. The van der Waals surface area contributed by atoms with Gasteiger partial charge in [-0.2, -0.15) is 0 Å². The fraction of sp³-hybridized carbons (Fsp3) is 0.421. The molecule has 1 aromatic carbocycles. The van der Waals surface area contributed by atoms with E-state index in [1.54, 1.807) is 24.4 Å². The maximum atomic E-state index is 13.1. The summed E-state index contributed by atoms with van der Waals surface area (Å²) in [5, 5.41) is 2.91. The molecule has 0 spiro atoms. The Balaban J connectivity index is 1.65. The van der Waals surface area contributed by atoms with E-state index in [9.17, 15) is 9.18 Å². The van der Waals surface area contributed by atoms with Crippen molar-refractivity contribution >= 4 is 17.5 Å². The molecule has 0 radical (unpaired) electrons. The summed E-state index contributed by atoms with van der Waals surface area (Å²) in [6, 6.07) is 8.15. The lowest BCUT2D eigenvalue weighted by Gasteiger charge is -2.36. The molecule has 1 aromatic heterocycles. The minimum absolute atomic E-state index is 0.203. The molecule has 1 saturated heterocycles. The van der Waals surface area contributed by atoms with E-state index in [0.717, 1.165) is 31.9 Å². The molecule has 1 fully saturated rings. The molecule has 0 unspecified atom stereocenters. The molecule has 2 aromatic rings. The first kappa shape index (κ1) is 18.1. The summed E-state index contributed by atoms with van der Waals surface area (Å²) in [5.74, 6) is 0.127. The van der Waals surface area contributed by atoms with Gasteiger partial charge in [-0.1, -0.05) is 0 Å². The van der Waals surface area contributed by atoms with Gasteiger partial charge in [0.15, 0.2) is 0 Å². The van der Waals surface area contributed by atoms with Gasteiger partial charge in [-0.15, -0.1) is 0 Å². The van der Waals surface area contributed by atoms with Crippen LogP contribution in [0.5, 0.6) is 0 Å². The van der Waals surface area contributed by atoms with E-state index in [1.807, 2.05) is 20.8 Å². The van der Waals surface area contributed by atoms with Crippen LogP contribution in [0.15, 0.2) is 36.5 Å². The van der Waals surface area contributed by atoms with Crippen molar-refractivity contribution < 1.29 is 9.18 Å². The molecule has 0 atom stereocenters. The lowest BCUT2D eigenvalue weighted by molar-refractivity contribution is 0.0914. The minimum atomic E-state index is -0.316. The zero-order valence-corrected chi connectivity index (χ0v) is 15.4. The molecule has 1 aliphatic heterocycles. The number of amides is 1. The largest absolute Gasteiger partial charge is 0.368 e. The second kappa shape index (κ2) is 7.27. The molecule has 0 bridgehead atoms. The van der Waals surface area contributed by atoms with Crippen molar-refractivity contribution in [3.8, 4) is 0 Å². The van der Waals surface area contributed by atoms with Gasteiger partial charge in [0, 0.05) is 43.6 Å². The summed E-state index contributed by atoms with van der Waals surface area (Å²) in [7, 11) is 0. The first-order chi connectivity index (χ1) is 12.3. The Kier molecular flexibility index (Phi) is 5.06. The average molecular weight is 357 g/mol. The Morgan fingerprint density at radius 1 is 1.04 bits per heavy atom. The van der Waals surface area contributed by atoms with Crippen LogP contribution in [0.1, 0.15) is 31.3 Å². The number of carbonyl (C=O) groups excluding carboxylic acids is 1. The summed E-state index contributed by atoms with van der Waals surface area (Å²) in [4.78, 5) is 25.3. The zero-order chi connectivity index (χ0) is 18.7. The zero-order valence-electron chi connectivity index (χ0n) is 15.4. The predicted molar refractivity (Wildman–Crippen MR) is 100 cm³/mol. The van der Waals surface area contributed by atoms with Crippen LogP contribution < -0.4 is 15.1 Å². The highest BCUT2D eigenvalue weighted by Crippen LogP contribution is 2.19. The maximum absolute atomic E-state index is 13.1. The SMILES string of the molecule is CC(C)(C)NC(=O)c1ccnc(N2CCN(c3ccc(F)cc3)CC2)n1. The van der Waals surface area contributed by atoms with Crippen LogP contribution >= 0.6 is 0 Å². The molecule has 138 valence electrons. The van der Waals surface area contributed by atoms with Crippen molar-refractivity contribution in [2.75, 3.05) is 36.0 Å². The summed E-state index contributed by atoms with van der Waals surface area (Å²) in [6.07, 6.45) is 1.62. The maximum Gasteiger partial charge on any atom is 0.270 e. The van der Waals surface area contributed by atoms with E-state index in [2.05, 4.69) is 25.1 Å². The van der Waals surface area contributed by atoms with Gasteiger partial charge >= 0.3 is 0 Å². The second-order valence-corrected chi connectivity index (χ2v) is 7.40. The normalized spacial score (nSPS) is 15.1. The van der Waals surface area contributed by atoms with Crippen molar-refractivity contribution in [2.24, 2.45) is 0 Å². The van der Waals surface area contributed by atoms with Crippen molar-refractivity contribution in [2.45, 2.75) is 26.3 Å². The van der Waals surface area contributed by atoms with Gasteiger partial charge in [0.05, 0.1) is 0 Å². The fourth-order valence-corrected chi connectivity index (χ4v) is 2.85. The Labute approximate surface area is 153 Å². The third-order valence-corrected chi connectivity index (χ3v) is 4.12. The Morgan fingerprint density at radius 3 is 2.27 bits per heavy atom. The molecule has 6 nitrogen and oxygen atoms in total. The topological polar surface area (TPSA) is 61.4 Å². The number of halogens is 1. The molecule has 7 heteroatoms. The highest BCUT2D eigenvalue weighted by atomic mass is 19.1. The van der Waals surface area contributed by atoms with Crippen LogP contribution in [-0.2, 0) is 0 Å². The molecule has 3 rings (SSSR count). The monoisotopic (exact) mass is 357 g/mol. The number of carbonyl (C=O) groups is 1. The Bertz CT molecular complexity index is 764. The smallest absolute Gasteiger partial charge is 0.270 e. The van der Waals surface area contributed by atoms with Gasteiger partial charge in [-0.05, 0) is 51.1 Å². The molecule has 1 N–H and O–H groups in total. The lowest BCUT2D eigenvalue weighted by Crippen LogP contribution is -2.47. The summed E-state index contributed by atoms with van der Waals surface area (Å²) in [5.41, 5.74) is 1.05. The van der Waals surface area contributed by atoms with Gasteiger partial charge in [-0.25, -0.2) is 14.4 Å². The number of anilines is 2. The Hall–Kier alpha value is -2.70. The molecule has 2 heterocycles. The van der Waals surface area contributed by atoms with E-state index in [4.69, 9.17) is 0 Å². The van der Waals surface area contributed by atoms with Crippen LogP contribution in [0.2, 0.25) is 0 Å². The fourth-order valence-electron chi connectivity index (χ4n) is 2.85. The van der Waals surface area contributed by atoms with Crippen molar-refractivity contribution in [1.82, 2.24) is 15.3 Å². The highest BCUT2D eigenvalue weighted by Gasteiger charge is 2.21. The number of nitrogens with zero attached hydrogens (tertiary/aromatic N) is 4. The number of piperazine rings is 1. The molecule has 0 aliphatic carbocycles. The van der Waals surface area contributed by atoms with Crippen LogP contribution in [-0.4, -0.2) is 47.6 Å². The number of nitrogens with one attached hydrogen (secondary N) is 1. The van der Waals surface area contributed by atoms with E-state index < -0.39 is 0 Å². The summed E-state index contributed by atoms with van der Waals surface area (Å²) >= 11 is 0. The van der Waals surface area contributed by atoms with Gasteiger partial charge in [-0.3, -0.25) is 4.79 Å². The van der Waals surface area contributed by atoms with E-state index in [-0.39, 0.29) is 17.3 Å². The third kappa shape index (κ3) is 4.47. The van der Waals surface area contributed by atoms with Gasteiger partial charge in [0.1, 0.15) is 11.5 Å². The first-order valence-corrected chi connectivity index (χ1v) is 8.73. The number of hydrogen-bond donors (Lipinski definition) is 1. The van der Waals surface area contributed by atoms with Crippen molar-refractivity contribution in [3.05, 3.63) is 48.0 Å². The molecule has 26 heavy (non-hydrogen) atoms. The van der Waals surface area contributed by atoms with Gasteiger partial charge < -0.3 is 15.1 Å².